The number of aliphatic hydroxyl groups excluding tert-OH is 1. The number of β-amino-alcohol motifs (C(OH)–C–C–N with tert-alkyl or cyclic N) is 1. The summed E-state index contributed by atoms with van der Waals surface area (Å²) < 4.78 is 0. The topological polar surface area (TPSA) is 38.7 Å². The van der Waals surface area contributed by atoms with Crippen molar-refractivity contribution >= 4 is 17.3 Å². The molecule has 1 aromatic rings. The van der Waals surface area contributed by atoms with Gasteiger partial charge in [0.2, 0.25) is 0 Å². The molecule has 0 saturated carbocycles. The Labute approximate surface area is 148 Å². The third-order valence-corrected chi connectivity index (χ3v) is 4.67. The highest BCUT2D eigenvalue weighted by atomic mass is 35.5. The Morgan fingerprint density at radius 1 is 1.38 bits per heavy atom. The molecule has 4 nitrogen and oxygen atoms in total. The van der Waals surface area contributed by atoms with E-state index in [1.807, 2.05) is 30.3 Å². The number of anilines is 1. The number of nitrogens with zero attached hydrogens (tertiary/aromatic N) is 2. The number of hydrogen-bond donors (Lipinski definition) is 2. The largest absolute Gasteiger partial charge is 0.392 e. The molecular weight excluding hydrogens is 322 g/mol. The molecule has 3 rings (SSSR count). The van der Waals surface area contributed by atoms with Crippen LogP contribution in [-0.4, -0.2) is 35.4 Å². The Balaban J connectivity index is 1.97. The lowest BCUT2D eigenvalue weighted by Gasteiger charge is -2.25. The molecule has 0 radical (unpaired) electrons. The van der Waals surface area contributed by atoms with Gasteiger partial charge in [-0.25, -0.2) is 5.43 Å². The molecule has 0 spiro atoms. The maximum absolute atomic E-state index is 9.91. The molecule has 0 bridgehead atoms. The van der Waals surface area contributed by atoms with E-state index >= 15 is 0 Å². The highest BCUT2D eigenvalue weighted by Gasteiger charge is 2.38. The summed E-state index contributed by atoms with van der Waals surface area (Å²) in [6.45, 7) is 7.56. The summed E-state index contributed by atoms with van der Waals surface area (Å²) in [7, 11) is 0. The Hall–Kier alpha value is -1.59. The third kappa shape index (κ3) is 3.42. The van der Waals surface area contributed by atoms with Gasteiger partial charge in [0.1, 0.15) is 6.17 Å². The van der Waals surface area contributed by atoms with E-state index in [-0.39, 0.29) is 12.3 Å². The van der Waals surface area contributed by atoms with Crippen LogP contribution in [0.2, 0.25) is 5.02 Å². The van der Waals surface area contributed by atoms with Crippen LogP contribution in [0.5, 0.6) is 0 Å². The molecule has 2 heterocycles. The van der Waals surface area contributed by atoms with Gasteiger partial charge in [0.15, 0.2) is 0 Å². The molecular formula is C19H24ClN3O. The minimum absolute atomic E-state index is 0.0358. The van der Waals surface area contributed by atoms with Crippen LogP contribution in [0.4, 0.5) is 5.69 Å². The molecule has 24 heavy (non-hydrogen) atoms. The van der Waals surface area contributed by atoms with Gasteiger partial charge >= 0.3 is 0 Å². The molecule has 2 N–H and O–H groups in total. The first kappa shape index (κ1) is 17.2. The number of halogens is 1. The summed E-state index contributed by atoms with van der Waals surface area (Å²) in [4.78, 5) is 2.28. The predicted molar refractivity (Wildman–Crippen MR) is 99.7 cm³/mol. The molecule has 5 heteroatoms. The standard InChI is InChI=1S/C19H24ClN3O/c1-3-5-17-18(6-4-2)23(15-9-7-14(20)8-10-15)21-19(17)22-12-11-16(24)13-22/h3,5-10,16,19,21,24H,1,4,11-13H2,2H3/b17-5+,18-6+. The second-order valence-electron chi connectivity index (χ2n) is 6.14. The highest BCUT2D eigenvalue weighted by Crippen LogP contribution is 2.34. The third-order valence-electron chi connectivity index (χ3n) is 4.42. The Kier molecular flexibility index (Phi) is 5.41. The quantitative estimate of drug-likeness (QED) is 0.876. The molecule has 2 atom stereocenters. The fourth-order valence-corrected chi connectivity index (χ4v) is 3.45. The van der Waals surface area contributed by atoms with Gasteiger partial charge in [-0.3, -0.25) is 9.91 Å². The summed E-state index contributed by atoms with van der Waals surface area (Å²) in [5, 5.41) is 12.7. The average molecular weight is 346 g/mol. The number of benzene rings is 1. The molecule has 0 aliphatic carbocycles. The lowest BCUT2D eigenvalue weighted by atomic mass is 10.1. The van der Waals surface area contributed by atoms with Gasteiger partial charge in [0.05, 0.1) is 17.5 Å². The average Bonchev–Trinajstić information content (AvgIpc) is 3.14. The van der Waals surface area contributed by atoms with E-state index in [9.17, 15) is 5.11 Å². The van der Waals surface area contributed by atoms with Crippen molar-refractivity contribution in [3.63, 3.8) is 0 Å². The summed E-state index contributed by atoms with van der Waals surface area (Å²) in [5.41, 5.74) is 6.93. The molecule has 2 aliphatic rings. The number of nitrogens with one attached hydrogen (secondary N) is 1. The lowest BCUT2D eigenvalue weighted by Crippen LogP contribution is -2.46. The van der Waals surface area contributed by atoms with Gasteiger partial charge < -0.3 is 5.11 Å². The second-order valence-corrected chi connectivity index (χ2v) is 6.57. The molecule has 2 unspecified atom stereocenters. The maximum Gasteiger partial charge on any atom is 0.106 e. The smallest absolute Gasteiger partial charge is 0.106 e. The van der Waals surface area contributed by atoms with Gasteiger partial charge in [-0.1, -0.05) is 43.3 Å². The zero-order valence-corrected chi connectivity index (χ0v) is 14.7. The SMILES string of the molecule is C=C/C=C1\C(=C/CC)N(c2ccc(Cl)cc2)NC1N1CCC(O)C1. The first-order valence-electron chi connectivity index (χ1n) is 8.41. The molecule has 2 saturated heterocycles. The summed E-state index contributed by atoms with van der Waals surface area (Å²) in [6.07, 6.45) is 7.63. The predicted octanol–water partition coefficient (Wildman–Crippen LogP) is 3.46. The Bertz CT molecular complexity index is 653. The van der Waals surface area contributed by atoms with Crippen LogP contribution in [0.15, 0.2) is 60.3 Å². The number of hydrogen-bond acceptors (Lipinski definition) is 4. The van der Waals surface area contributed by atoms with Crippen molar-refractivity contribution in [2.75, 3.05) is 18.1 Å². The summed E-state index contributed by atoms with van der Waals surface area (Å²) in [6, 6.07) is 7.80. The number of hydrazine groups is 1. The van der Waals surface area contributed by atoms with Crippen molar-refractivity contribution in [3.05, 3.63) is 65.4 Å². The van der Waals surface area contributed by atoms with E-state index in [1.165, 1.54) is 5.57 Å². The van der Waals surface area contributed by atoms with Crippen molar-refractivity contribution < 1.29 is 5.11 Å². The Morgan fingerprint density at radius 2 is 2.12 bits per heavy atom. The molecule has 0 aromatic heterocycles. The van der Waals surface area contributed by atoms with Crippen LogP contribution in [-0.2, 0) is 0 Å². The molecule has 2 aliphatic heterocycles. The maximum atomic E-state index is 9.91. The summed E-state index contributed by atoms with van der Waals surface area (Å²) >= 11 is 6.03. The first-order chi connectivity index (χ1) is 11.6. The van der Waals surface area contributed by atoms with Crippen molar-refractivity contribution in [1.82, 2.24) is 10.3 Å². The number of aliphatic hydroxyl groups is 1. The van der Waals surface area contributed by atoms with Crippen LogP contribution in [0.3, 0.4) is 0 Å². The highest BCUT2D eigenvalue weighted by molar-refractivity contribution is 6.30. The van der Waals surface area contributed by atoms with Crippen molar-refractivity contribution in [2.24, 2.45) is 0 Å². The Morgan fingerprint density at radius 3 is 2.71 bits per heavy atom. The lowest BCUT2D eigenvalue weighted by molar-refractivity contribution is 0.162. The number of rotatable bonds is 4. The van der Waals surface area contributed by atoms with Crippen molar-refractivity contribution in [3.8, 4) is 0 Å². The van der Waals surface area contributed by atoms with Crippen molar-refractivity contribution in [1.29, 1.82) is 0 Å². The monoisotopic (exact) mass is 345 g/mol. The van der Waals surface area contributed by atoms with E-state index in [0.29, 0.717) is 6.54 Å². The van der Waals surface area contributed by atoms with E-state index in [0.717, 1.165) is 35.8 Å². The fourth-order valence-electron chi connectivity index (χ4n) is 3.32. The molecule has 1 aromatic carbocycles. The van der Waals surface area contributed by atoms with Gasteiger partial charge in [-0.15, -0.1) is 0 Å². The second kappa shape index (κ2) is 7.53. The fraction of sp³-hybridized carbons (Fsp3) is 0.368. The van der Waals surface area contributed by atoms with Gasteiger partial charge in [0, 0.05) is 23.7 Å². The normalized spacial score (nSPS) is 28.2. The van der Waals surface area contributed by atoms with Crippen molar-refractivity contribution in [2.45, 2.75) is 32.0 Å². The van der Waals surface area contributed by atoms with Gasteiger partial charge in [-0.05, 0) is 37.1 Å². The molecule has 2 fully saturated rings. The van der Waals surface area contributed by atoms with Crippen LogP contribution in [0, 0.1) is 0 Å². The number of likely N-dealkylation sites (tertiary alicyclic amines) is 1. The van der Waals surface area contributed by atoms with E-state index in [2.05, 4.69) is 41.0 Å². The van der Waals surface area contributed by atoms with Gasteiger partial charge in [-0.2, -0.15) is 0 Å². The van der Waals surface area contributed by atoms with Crippen LogP contribution in [0.1, 0.15) is 19.8 Å². The summed E-state index contributed by atoms with van der Waals surface area (Å²) in [5.74, 6) is 0. The van der Waals surface area contributed by atoms with E-state index in [4.69, 9.17) is 11.6 Å². The van der Waals surface area contributed by atoms with Crippen LogP contribution < -0.4 is 10.4 Å². The minimum atomic E-state index is -0.250. The van der Waals surface area contributed by atoms with Crippen LogP contribution in [0.25, 0.3) is 0 Å². The molecule has 128 valence electrons. The van der Waals surface area contributed by atoms with E-state index < -0.39 is 0 Å². The first-order valence-corrected chi connectivity index (χ1v) is 8.79. The number of allylic oxidation sites excluding steroid dienone is 3. The zero-order valence-electron chi connectivity index (χ0n) is 14.0. The zero-order chi connectivity index (χ0) is 17.1. The molecule has 0 amide bonds. The van der Waals surface area contributed by atoms with Crippen LogP contribution >= 0.6 is 11.6 Å². The van der Waals surface area contributed by atoms with E-state index in [1.54, 1.807) is 0 Å². The van der Waals surface area contributed by atoms with Gasteiger partial charge in [0.25, 0.3) is 0 Å². The minimum Gasteiger partial charge on any atom is -0.392 e.